The quantitative estimate of drug-likeness (QED) is 0.746. The summed E-state index contributed by atoms with van der Waals surface area (Å²) in [7, 11) is 0. The molecule has 3 heteroatoms. The van der Waals surface area contributed by atoms with Crippen LogP contribution in [0.25, 0.3) is 0 Å². The van der Waals surface area contributed by atoms with E-state index >= 15 is 0 Å². The Balaban J connectivity index is 2.65. The number of hydrogen-bond acceptors (Lipinski definition) is 2. The van der Waals surface area contributed by atoms with Crippen LogP contribution in [-0.4, -0.2) is 5.91 Å². The molecule has 0 bridgehead atoms. The first-order chi connectivity index (χ1) is 6.65. The van der Waals surface area contributed by atoms with Gasteiger partial charge in [-0.3, -0.25) is 4.79 Å². The largest absolute Gasteiger partial charge is 0.467 e. The molecule has 14 heavy (non-hydrogen) atoms. The third kappa shape index (κ3) is 2.49. The molecule has 1 aromatic heterocycles. The molecule has 76 valence electrons. The van der Waals surface area contributed by atoms with E-state index in [9.17, 15) is 4.79 Å². The van der Waals surface area contributed by atoms with Crippen molar-refractivity contribution in [2.45, 2.75) is 26.3 Å². The second-order valence-corrected chi connectivity index (χ2v) is 3.23. The van der Waals surface area contributed by atoms with E-state index in [0.717, 1.165) is 12.2 Å². The molecular formula is C11H15NO2. The van der Waals surface area contributed by atoms with Crippen LogP contribution in [0.5, 0.6) is 0 Å². The number of carbonyl (C=O) groups is 1. The van der Waals surface area contributed by atoms with Crippen molar-refractivity contribution in [3.8, 4) is 0 Å². The Labute approximate surface area is 83.8 Å². The van der Waals surface area contributed by atoms with Gasteiger partial charge in [-0.2, -0.15) is 0 Å². The van der Waals surface area contributed by atoms with Gasteiger partial charge in [-0.25, -0.2) is 0 Å². The maximum absolute atomic E-state index is 11.4. The Hall–Kier alpha value is -1.51. The van der Waals surface area contributed by atoms with Crippen LogP contribution in [0, 0.1) is 0 Å². The van der Waals surface area contributed by atoms with Crippen LogP contribution in [0.15, 0.2) is 35.0 Å². The number of furan rings is 1. The second-order valence-electron chi connectivity index (χ2n) is 3.23. The summed E-state index contributed by atoms with van der Waals surface area (Å²) in [6.07, 6.45) is 2.40. The normalized spacial score (nSPS) is 12.1. The van der Waals surface area contributed by atoms with E-state index in [-0.39, 0.29) is 11.9 Å². The molecule has 1 amide bonds. The third-order valence-corrected chi connectivity index (χ3v) is 1.99. The molecule has 1 N–H and O–H groups in total. The molecule has 1 rings (SSSR count). The Bertz CT molecular complexity index is 314. The minimum absolute atomic E-state index is 0.0609. The summed E-state index contributed by atoms with van der Waals surface area (Å²) in [5, 5.41) is 2.84. The van der Waals surface area contributed by atoms with Gasteiger partial charge in [0.25, 0.3) is 0 Å². The van der Waals surface area contributed by atoms with E-state index in [1.807, 2.05) is 19.1 Å². The summed E-state index contributed by atoms with van der Waals surface area (Å²) in [6.45, 7) is 7.26. The van der Waals surface area contributed by atoms with Crippen LogP contribution in [-0.2, 0) is 4.79 Å². The van der Waals surface area contributed by atoms with Gasteiger partial charge in [-0.05, 0) is 25.5 Å². The molecule has 0 spiro atoms. The first-order valence-electron chi connectivity index (χ1n) is 4.65. The standard InChI is InChI=1S/C11H15NO2/c1-4-9(10-6-5-7-14-10)12-11(13)8(2)3/h5-7,9H,2,4H2,1,3H3,(H,12,13). The zero-order valence-electron chi connectivity index (χ0n) is 8.54. The van der Waals surface area contributed by atoms with E-state index in [2.05, 4.69) is 11.9 Å². The second kappa shape index (κ2) is 4.65. The minimum atomic E-state index is -0.131. The van der Waals surface area contributed by atoms with Crippen molar-refractivity contribution in [2.24, 2.45) is 0 Å². The SMILES string of the molecule is C=C(C)C(=O)NC(CC)c1ccco1. The lowest BCUT2D eigenvalue weighted by Crippen LogP contribution is -2.28. The number of amides is 1. The molecule has 0 aliphatic heterocycles. The Morgan fingerprint density at radius 2 is 2.43 bits per heavy atom. The van der Waals surface area contributed by atoms with E-state index in [1.165, 1.54) is 0 Å². The van der Waals surface area contributed by atoms with Crippen molar-refractivity contribution in [1.82, 2.24) is 5.32 Å². The number of hydrogen-bond donors (Lipinski definition) is 1. The van der Waals surface area contributed by atoms with Crippen LogP contribution in [0.3, 0.4) is 0 Å². The molecule has 0 aliphatic carbocycles. The van der Waals surface area contributed by atoms with Crippen LogP contribution >= 0.6 is 0 Å². The molecule has 0 aliphatic rings. The van der Waals surface area contributed by atoms with Gasteiger partial charge >= 0.3 is 0 Å². The lowest BCUT2D eigenvalue weighted by Gasteiger charge is -2.14. The van der Waals surface area contributed by atoms with Crippen molar-refractivity contribution in [2.75, 3.05) is 0 Å². The molecule has 0 fully saturated rings. The van der Waals surface area contributed by atoms with Crippen LogP contribution in [0.2, 0.25) is 0 Å². The Kier molecular flexibility index (Phi) is 3.51. The van der Waals surface area contributed by atoms with Gasteiger partial charge in [0.1, 0.15) is 5.76 Å². The zero-order valence-corrected chi connectivity index (χ0v) is 8.54. The summed E-state index contributed by atoms with van der Waals surface area (Å²) in [4.78, 5) is 11.4. The highest BCUT2D eigenvalue weighted by Crippen LogP contribution is 2.16. The summed E-state index contributed by atoms with van der Waals surface area (Å²) < 4.78 is 5.22. The van der Waals surface area contributed by atoms with Crippen molar-refractivity contribution in [3.63, 3.8) is 0 Å². The third-order valence-electron chi connectivity index (χ3n) is 1.99. The van der Waals surface area contributed by atoms with Gasteiger partial charge < -0.3 is 9.73 Å². The summed E-state index contributed by atoms with van der Waals surface area (Å²) in [5.41, 5.74) is 0.509. The van der Waals surface area contributed by atoms with Gasteiger partial charge in [0.15, 0.2) is 0 Å². The van der Waals surface area contributed by atoms with Crippen LogP contribution in [0.1, 0.15) is 32.1 Å². The highest BCUT2D eigenvalue weighted by molar-refractivity contribution is 5.92. The Morgan fingerprint density at radius 3 is 2.86 bits per heavy atom. The summed E-state index contributed by atoms with van der Waals surface area (Å²) in [6, 6.07) is 3.60. The predicted molar refractivity (Wildman–Crippen MR) is 54.7 cm³/mol. The fourth-order valence-electron chi connectivity index (χ4n) is 1.15. The predicted octanol–water partition coefficient (Wildman–Crippen LogP) is 2.42. The van der Waals surface area contributed by atoms with E-state index in [0.29, 0.717) is 5.57 Å². The van der Waals surface area contributed by atoms with Gasteiger partial charge in [-0.15, -0.1) is 0 Å². The molecule has 3 nitrogen and oxygen atoms in total. The summed E-state index contributed by atoms with van der Waals surface area (Å²) in [5.74, 6) is 0.648. The zero-order chi connectivity index (χ0) is 10.6. The molecule has 1 heterocycles. The van der Waals surface area contributed by atoms with Gasteiger partial charge in [0.05, 0.1) is 12.3 Å². The molecule has 1 aromatic rings. The Morgan fingerprint density at radius 1 is 1.71 bits per heavy atom. The lowest BCUT2D eigenvalue weighted by molar-refractivity contribution is -0.118. The summed E-state index contributed by atoms with van der Waals surface area (Å²) >= 11 is 0. The molecule has 0 radical (unpaired) electrons. The van der Waals surface area contributed by atoms with Crippen molar-refractivity contribution >= 4 is 5.91 Å². The van der Waals surface area contributed by atoms with Crippen LogP contribution in [0.4, 0.5) is 0 Å². The topological polar surface area (TPSA) is 42.2 Å². The van der Waals surface area contributed by atoms with Gasteiger partial charge in [0, 0.05) is 5.57 Å². The molecule has 1 unspecified atom stereocenters. The highest BCUT2D eigenvalue weighted by Gasteiger charge is 2.14. The smallest absolute Gasteiger partial charge is 0.246 e. The lowest BCUT2D eigenvalue weighted by atomic mass is 10.1. The molecule has 0 saturated heterocycles. The number of nitrogens with one attached hydrogen (secondary N) is 1. The first-order valence-corrected chi connectivity index (χ1v) is 4.65. The number of carbonyl (C=O) groups excluding carboxylic acids is 1. The number of rotatable bonds is 4. The van der Waals surface area contributed by atoms with Crippen molar-refractivity contribution in [3.05, 3.63) is 36.3 Å². The molecule has 1 atom stereocenters. The van der Waals surface area contributed by atoms with Gasteiger partial charge in [0.2, 0.25) is 5.91 Å². The van der Waals surface area contributed by atoms with Crippen molar-refractivity contribution in [1.29, 1.82) is 0 Å². The first kappa shape index (κ1) is 10.6. The molecular weight excluding hydrogens is 178 g/mol. The van der Waals surface area contributed by atoms with Crippen molar-refractivity contribution < 1.29 is 9.21 Å². The van der Waals surface area contributed by atoms with Crippen LogP contribution < -0.4 is 5.32 Å². The fourth-order valence-corrected chi connectivity index (χ4v) is 1.15. The van der Waals surface area contributed by atoms with E-state index < -0.39 is 0 Å². The monoisotopic (exact) mass is 193 g/mol. The van der Waals surface area contributed by atoms with E-state index in [4.69, 9.17) is 4.42 Å². The average molecular weight is 193 g/mol. The maximum Gasteiger partial charge on any atom is 0.246 e. The highest BCUT2D eigenvalue weighted by atomic mass is 16.3. The molecule has 0 aromatic carbocycles. The average Bonchev–Trinajstić information content (AvgIpc) is 2.66. The molecule has 0 saturated carbocycles. The minimum Gasteiger partial charge on any atom is -0.467 e. The fraction of sp³-hybridized carbons (Fsp3) is 0.364. The van der Waals surface area contributed by atoms with Gasteiger partial charge in [-0.1, -0.05) is 13.5 Å². The van der Waals surface area contributed by atoms with E-state index in [1.54, 1.807) is 13.2 Å². The maximum atomic E-state index is 11.4.